The van der Waals surface area contributed by atoms with Crippen molar-refractivity contribution in [1.82, 2.24) is 0 Å². The van der Waals surface area contributed by atoms with Crippen LogP contribution in [0, 0.1) is 0 Å². The zero-order valence-corrected chi connectivity index (χ0v) is 16.2. The van der Waals surface area contributed by atoms with Crippen LogP contribution in [-0.4, -0.2) is 26.4 Å². The first-order chi connectivity index (χ1) is 13.7. The zero-order valence-electron chi connectivity index (χ0n) is 16.2. The summed E-state index contributed by atoms with van der Waals surface area (Å²) in [5.74, 6) is 2.17. The molecule has 0 atom stereocenters. The summed E-state index contributed by atoms with van der Waals surface area (Å²) >= 11 is 0. The summed E-state index contributed by atoms with van der Waals surface area (Å²) in [5, 5.41) is 13.6. The van der Waals surface area contributed by atoms with E-state index in [9.17, 15) is 5.11 Å². The average Bonchev–Trinajstić information content (AvgIpc) is 2.73. The molecule has 142 valence electrons. The third-order valence-corrected chi connectivity index (χ3v) is 5.07. The van der Waals surface area contributed by atoms with Crippen LogP contribution < -0.4 is 14.2 Å². The molecule has 0 radical (unpaired) electrons. The first-order valence-corrected chi connectivity index (χ1v) is 9.08. The van der Waals surface area contributed by atoms with Gasteiger partial charge in [-0.25, -0.2) is 0 Å². The highest BCUT2D eigenvalue weighted by molar-refractivity contribution is 6.15. The Morgan fingerprint density at radius 3 is 1.96 bits per heavy atom. The first-order valence-electron chi connectivity index (χ1n) is 9.08. The Bertz CT molecular complexity index is 1150. The molecule has 4 aromatic rings. The summed E-state index contributed by atoms with van der Waals surface area (Å²) in [5.41, 5.74) is 2.26. The van der Waals surface area contributed by atoms with Gasteiger partial charge in [0, 0.05) is 17.2 Å². The fraction of sp³-hybridized carbons (Fsp3) is 0.167. The molecule has 4 heteroatoms. The third kappa shape index (κ3) is 2.78. The number of fused-ring (bicyclic) bond motifs is 2. The molecule has 1 N–H and O–H groups in total. The van der Waals surface area contributed by atoms with Crippen molar-refractivity contribution in [3.63, 3.8) is 0 Å². The van der Waals surface area contributed by atoms with Crippen LogP contribution in [-0.2, 0) is 6.42 Å². The number of rotatable bonds is 5. The molecule has 0 fully saturated rings. The van der Waals surface area contributed by atoms with Crippen LogP contribution in [0.3, 0.4) is 0 Å². The fourth-order valence-electron chi connectivity index (χ4n) is 3.89. The standard InChI is InChI=1S/C24H22O4/c1-26-22-16(14-15-8-5-4-6-9-15)12-13-18-21(22)24(28-3)17-10-7-11-19(25)20(17)23(18)27-2/h4-13,25H,14H2,1-3H3. The van der Waals surface area contributed by atoms with Crippen LogP contribution in [0.2, 0.25) is 0 Å². The van der Waals surface area contributed by atoms with E-state index in [1.807, 2.05) is 36.4 Å². The van der Waals surface area contributed by atoms with Crippen molar-refractivity contribution >= 4 is 21.5 Å². The number of phenolic OH excluding ortho intramolecular Hbond substituents is 1. The summed E-state index contributed by atoms with van der Waals surface area (Å²) in [6.45, 7) is 0. The number of hydrogen-bond acceptors (Lipinski definition) is 4. The van der Waals surface area contributed by atoms with Gasteiger partial charge in [-0.1, -0.05) is 48.5 Å². The molecular weight excluding hydrogens is 352 g/mol. The maximum absolute atomic E-state index is 10.5. The Hall–Kier alpha value is -3.40. The molecule has 0 aromatic heterocycles. The van der Waals surface area contributed by atoms with Crippen LogP contribution in [0.15, 0.2) is 60.7 Å². The molecule has 4 rings (SSSR count). The van der Waals surface area contributed by atoms with E-state index < -0.39 is 0 Å². The molecular formula is C24H22O4. The summed E-state index contributed by atoms with van der Waals surface area (Å²) in [4.78, 5) is 0. The van der Waals surface area contributed by atoms with Gasteiger partial charge in [-0.3, -0.25) is 0 Å². The van der Waals surface area contributed by atoms with Gasteiger partial charge in [-0.15, -0.1) is 0 Å². The summed E-state index contributed by atoms with van der Waals surface area (Å²) < 4.78 is 17.4. The molecule has 4 nitrogen and oxygen atoms in total. The van der Waals surface area contributed by atoms with E-state index in [-0.39, 0.29) is 5.75 Å². The maximum atomic E-state index is 10.5. The Labute approximate surface area is 163 Å². The van der Waals surface area contributed by atoms with Crippen molar-refractivity contribution in [2.75, 3.05) is 21.3 Å². The van der Waals surface area contributed by atoms with E-state index in [0.29, 0.717) is 16.9 Å². The minimum atomic E-state index is 0.155. The lowest BCUT2D eigenvalue weighted by Gasteiger charge is -2.19. The molecule has 0 saturated heterocycles. The lowest BCUT2D eigenvalue weighted by Crippen LogP contribution is -1.99. The monoisotopic (exact) mass is 374 g/mol. The summed E-state index contributed by atoms with van der Waals surface area (Å²) in [6, 6.07) is 19.7. The van der Waals surface area contributed by atoms with Gasteiger partial charge < -0.3 is 19.3 Å². The second-order valence-electron chi connectivity index (χ2n) is 6.61. The van der Waals surface area contributed by atoms with Gasteiger partial charge in [0.15, 0.2) is 0 Å². The molecule has 0 aliphatic rings. The maximum Gasteiger partial charge on any atom is 0.138 e. The highest BCUT2D eigenvalue weighted by Crippen LogP contribution is 2.49. The number of aromatic hydroxyl groups is 1. The van der Waals surface area contributed by atoms with Crippen LogP contribution in [0.25, 0.3) is 21.5 Å². The normalized spacial score (nSPS) is 11.0. The Kier molecular flexibility index (Phi) is 4.70. The molecule has 0 amide bonds. The predicted molar refractivity (Wildman–Crippen MR) is 112 cm³/mol. The topological polar surface area (TPSA) is 47.9 Å². The second kappa shape index (κ2) is 7.31. The van der Waals surface area contributed by atoms with Crippen molar-refractivity contribution < 1.29 is 19.3 Å². The Morgan fingerprint density at radius 2 is 1.29 bits per heavy atom. The number of methoxy groups -OCH3 is 3. The highest BCUT2D eigenvalue weighted by Gasteiger charge is 2.22. The molecule has 0 aliphatic carbocycles. The van der Waals surface area contributed by atoms with Crippen LogP contribution in [0.1, 0.15) is 11.1 Å². The molecule has 0 heterocycles. The third-order valence-electron chi connectivity index (χ3n) is 5.07. The number of hydrogen-bond donors (Lipinski definition) is 1. The van der Waals surface area contributed by atoms with Crippen LogP contribution in [0.5, 0.6) is 23.0 Å². The number of phenols is 1. The SMILES string of the molecule is COc1c(Cc2ccccc2)ccc2c(OC)c3c(O)cccc3c(OC)c12. The quantitative estimate of drug-likeness (QED) is 0.481. The van der Waals surface area contributed by atoms with Crippen LogP contribution >= 0.6 is 0 Å². The lowest BCUT2D eigenvalue weighted by molar-refractivity contribution is 0.401. The molecule has 0 unspecified atom stereocenters. The zero-order chi connectivity index (χ0) is 19.7. The van der Waals surface area contributed by atoms with Gasteiger partial charge in [0.05, 0.1) is 32.1 Å². The largest absolute Gasteiger partial charge is 0.507 e. The lowest BCUT2D eigenvalue weighted by atomic mass is 9.95. The van der Waals surface area contributed by atoms with E-state index >= 15 is 0 Å². The van der Waals surface area contributed by atoms with Crippen LogP contribution in [0.4, 0.5) is 0 Å². The van der Waals surface area contributed by atoms with Gasteiger partial charge in [0.1, 0.15) is 23.0 Å². The fourth-order valence-corrected chi connectivity index (χ4v) is 3.89. The van der Waals surface area contributed by atoms with Gasteiger partial charge in [0.25, 0.3) is 0 Å². The minimum absolute atomic E-state index is 0.155. The smallest absolute Gasteiger partial charge is 0.138 e. The second-order valence-corrected chi connectivity index (χ2v) is 6.61. The highest BCUT2D eigenvalue weighted by atomic mass is 16.5. The Balaban J connectivity index is 2.09. The van der Waals surface area contributed by atoms with Crippen molar-refractivity contribution in [2.24, 2.45) is 0 Å². The minimum Gasteiger partial charge on any atom is -0.507 e. The summed E-state index contributed by atoms with van der Waals surface area (Å²) in [6.07, 6.45) is 0.740. The van der Waals surface area contributed by atoms with Crippen molar-refractivity contribution in [3.8, 4) is 23.0 Å². The molecule has 0 spiro atoms. The van der Waals surface area contributed by atoms with E-state index in [1.54, 1.807) is 33.5 Å². The molecule has 0 bridgehead atoms. The number of benzene rings is 4. The molecule has 0 saturated carbocycles. The van der Waals surface area contributed by atoms with Gasteiger partial charge in [-0.05, 0) is 23.3 Å². The van der Waals surface area contributed by atoms with Crippen molar-refractivity contribution in [3.05, 3.63) is 71.8 Å². The molecule has 4 aromatic carbocycles. The number of ether oxygens (including phenoxy) is 3. The van der Waals surface area contributed by atoms with E-state index in [1.165, 1.54) is 5.56 Å². The van der Waals surface area contributed by atoms with E-state index in [0.717, 1.165) is 33.9 Å². The predicted octanol–water partition coefficient (Wildman–Crippen LogP) is 5.32. The van der Waals surface area contributed by atoms with Gasteiger partial charge >= 0.3 is 0 Å². The molecule has 28 heavy (non-hydrogen) atoms. The first kappa shape index (κ1) is 18.0. The van der Waals surface area contributed by atoms with E-state index in [2.05, 4.69) is 12.1 Å². The molecule has 0 aliphatic heterocycles. The van der Waals surface area contributed by atoms with E-state index in [4.69, 9.17) is 14.2 Å². The van der Waals surface area contributed by atoms with Crippen molar-refractivity contribution in [1.29, 1.82) is 0 Å². The van der Waals surface area contributed by atoms with Gasteiger partial charge in [-0.2, -0.15) is 0 Å². The van der Waals surface area contributed by atoms with Crippen molar-refractivity contribution in [2.45, 2.75) is 6.42 Å². The average molecular weight is 374 g/mol. The Morgan fingerprint density at radius 1 is 0.643 bits per heavy atom. The van der Waals surface area contributed by atoms with Gasteiger partial charge in [0.2, 0.25) is 0 Å². The summed E-state index contributed by atoms with van der Waals surface area (Å²) in [7, 11) is 4.91.